The number of rotatable bonds is 5. The van der Waals surface area contributed by atoms with Gasteiger partial charge in [-0.2, -0.15) is 0 Å². The fraction of sp³-hybridized carbons (Fsp3) is 0.125. The molecule has 4 nitrogen and oxygen atoms in total. The van der Waals surface area contributed by atoms with Crippen LogP contribution in [-0.4, -0.2) is 14.7 Å². The van der Waals surface area contributed by atoms with Crippen LogP contribution < -0.4 is 0 Å². The van der Waals surface area contributed by atoms with Gasteiger partial charge in [0, 0.05) is 28.9 Å². The quantitative estimate of drug-likeness (QED) is 0.258. The molecule has 3 aromatic carbocycles. The van der Waals surface area contributed by atoms with Gasteiger partial charge in [0.05, 0.1) is 16.9 Å². The molecule has 0 aliphatic rings. The number of hydrogen-bond donors (Lipinski definition) is 0. The molecule has 0 saturated heterocycles. The van der Waals surface area contributed by atoms with Crippen LogP contribution in [0.2, 0.25) is 0 Å². The highest BCUT2D eigenvalue weighted by molar-refractivity contribution is 5.98. The number of pyridine rings is 1. The van der Waals surface area contributed by atoms with E-state index in [1.807, 2.05) is 26.1 Å². The maximum atomic E-state index is 5.50. The Hall–Kier alpha value is -4.44. The number of hydrogen-bond acceptors (Lipinski definition) is 3. The van der Waals surface area contributed by atoms with Gasteiger partial charge in [-0.15, -0.1) is 0 Å². The fourth-order valence-corrected chi connectivity index (χ4v) is 5.13. The van der Waals surface area contributed by atoms with E-state index in [-0.39, 0.29) is 6.04 Å². The maximum absolute atomic E-state index is 5.50. The summed E-state index contributed by atoms with van der Waals surface area (Å²) in [6.45, 7) is 6.08. The van der Waals surface area contributed by atoms with Gasteiger partial charge in [0.2, 0.25) is 0 Å². The molecule has 6 aromatic rings. The molecule has 0 fully saturated rings. The summed E-state index contributed by atoms with van der Waals surface area (Å²) in [4.78, 5) is 4.79. The van der Waals surface area contributed by atoms with E-state index in [1.165, 1.54) is 27.6 Å². The summed E-state index contributed by atoms with van der Waals surface area (Å²) >= 11 is 0. The lowest BCUT2D eigenvalue weighted by Gasteiger charge is -2.21. The average Bonchev–Trinajstić information content (AvgIpc) is 3.45. The first-order valence-electron chi connectivity index (χ1n) is 12.2. The molecule has 6 rings (SSSR count). The van der Waals surface area contributed by atoms with Gasteiger partial charge < -0.3 is 9.09 Å². The first kappa shape index (κ1) is 22.1. The van der Waals surface area contributed by atoms with Crippen LogP contribution in [0.15, 0.2) is 108 Å². The zero-order valence-electron chi connectivity index (χ0n) is 20.6. The molecule has 0 radical (unpaired) electrons. The highest BCUT2D eigenvalue weighted by Crippen LogP contribution is 2.39. The zero-order valence-corrected chi connectivity index (χ0v) is 20.6. The Morgan fingerprint density at radius 3 is 2.22 bits per heavy atom. The third-order valence-electron chi connectivity index (χ3n) is 6.88. The molecule has 3 heterocycles. The zero-order chi connectivity index (χ0) is 24.6. The summed E-state index contributed by atoms with van der Waals surface area (Å²) in [5.74, 6) is 0.827. The van der Waals surface area contributed by atoms with Crippen molar-refractivity contribution in [2.24, 2.45) is 0 Å². The number of fused-ring (bicyclic) bond motifs is 1. The summed E-state index contributed by atoms with van der Waals surface area (Å²) in [6, 6.07) is 32.0. The Morgan fingerprint density at radius 1 is 0.778 bits per heavy atom. The lowest BCUT2D eigenvalue weighted by Crippen LogP contribution is -2.12. The van der Waals surface area contributed by atoms with Crippen molar-refractivity contribution in [2.75, 3.05) is 0 Å². The Morgan fingerprint density at radius 2 is 1.53 bits per heavy atom. The maximum Gasteiger partial charge on any atom is 0.141 e. The van der Waals surface area contributed by atoms with E-state index < -0.39 is 0 Å². The largest absolute Gasteiger partial charge is 0.361 e. The van der Waals surface area contributed by atoms with Crippen LogP contribution in [0.4, 0.5) is 0 Å². The molecule has 0 bridgehead atoms. The van der Waals surface area contributed by atoms with E-state index in [4.69, 9.17) is 9.51 Å². The summed E-state index contributed by atoms with van der Waals surface area (Å²) in [5, 5.41) is 5.39. The van der Waals surface area contributed by atoms with Gasteiger partial charge in [0.25, 0.3) is 0 Å². The molecule has 176 valence electrons. The summed E-state index contributed by atoms with van der Waals surface area (Å²) in [6.07, 6.45) is 4.14. The average molecular weight is 470 g/mol. The van der Waals surface area contributed by atoms with Crippen molar-refractivity contribution >= 4 is 10.9 Å². The van der Waals surface area contributed by atoms with Crippen molar-refractivity contribution in [1.29, 1.82) is 0 Å². The van der Waals surface area contributed by atoms with Gasteiger partial charge in [-0.3, -0.25) is 4.98 Å². The first-order chi connectivity index (χ1) is 17.6. The van der Waals surface area contributed by atoms with Crippen LogP contribution in [0, 0.1) is 20.8 Å². The normalized spacial score (nSPS) is 12.2. The van der Waals surface area contributed by atoms with Gasteiger partial charge in [-0.05, 0) is 55.7 Å². The van der Waals surface area contributed by atoms with Gasteiger partial charge in [-0.25, -0.2) is 0 Å². The van der Waals surface area contributed by atoms with Crippen LogP contribution in [-0.2, 0) is 0 Å². The molecular formula is C32H27N3O. The van der Waals surface area contributed by atoms with E-state index in [0.29, 0.717) is 0 Å². The lowest BCUT2D eigenvalue weighted by atomic mass is 9.99. The molecule has 0 N–H and O–H groups in total. The number of nitrogens with zero attached hydrogens (tertiary/aromatic N) is 3. The fourth-order valence-electron chi connectivity index (χ4n) is 5.13. The molecule has 0 amide bonds. The van der Waals surface area contributed by atoms with E-state index in [0.717, 1.165) is 33.8 Å². The predicted octanol–water partition coefficient (Wildman–Crippen LogP) is 7.92. The standard InChI is InChI=1S/C32H27N3O/c1-21-12-14-24(15-13-21)28-20-35(32(25-9-5-4-6-10-25)29-11-7-8-18-33-29)30-19-26(16-17-27(28)30)31-22(2)34-36-23(31)3/h4-20,32H,1-3H3/t32-/m1/s1. The third-order valence-corrected chi connectivity index (χ3v) is 6.88. The third kappa shape index (κ3) is 3.81. The van der Waals surface area contributed by atoms with Gasteiger partial charge in [-0.1, -0.05) is 83.5 Å². The van der Waals surface area contributed by atoms with Crippen molar-refractivity contribution in [3.8, 4) is 22.3 Å². The van der Waals surface area contributed by atoms with Gasteiger partial charge in [0.15, 0.2) is 0 Å². The SMILES string of the molecule is Cc1ccc(-c2cn([C@H](c3ccccc3)c3ccccn3)c3cc(-c4c(C)noc4C)ccc23)cc1. The Kier molecular flexibility index (Phi) is 5.49. The minimum Gasteiger partial charge on any atom is -0.361 e. The monoisotopic (exact) mass is 469 g/mol. The second kappa shape index (κ2) is 8.97. The van der Waals surface area contributed by atoms with Gasteiger partial charge >= 0.3 is 0 Å². The molecule has 0 aliphatic carbocycles. The van der Waals surface area contributed by atoms with Crippen LogP contribution in [0.3, 0.4) is 0 Å². The summed E-state index contributed by atoms with van der Waals surface area (Å²) < 4.78 is 7.86. The number of aromatic nitrogens is 3. The van der Waals surface area contributed by atoms with Gasteiger partial charge in [0.1, 0.15) is 11.8 Å². The van der Waals surface area contributed by atoms with Crippen molar-refractivity contribution < 1.29 is 4.52 Å². The van der Waals surface area contributed by atoms with Crippen LogP contribution in [0.25, 0.3) is 33.2 Å². The second-order valence-corrected chi connectivity index (χ2v) is 9.31. The molecule has 3 aromatic heterocycles. The van der Waals surface area contributed by atoms with E-state index in [2.05, 4.69) is 108 Å². The predicted molar refractivity (Wildman–Crippen MR) is 145 cm³/mol. The molecule has 0 saturated carbocycles. The smallest absolute Gasteiger partial charge is 0.141 e. The minimum absolute atomic E-state index is 0.0750. The van der Waals surface area contributed by atoms with Crippen LogP contribution in [0.1, 0.15) is 34.3 Å². The Bertz CT molecular complexity index is 1590. The first-order valence-corrected chi connectivity index (χ1v) is 12.2. The van der Waals surface area contributed by atoms with E-state index in [9.17, 15) is 0 Å². The molecular weight excluding hydrogens is 442 g/mol. The molecule has 0 aliphatic heterocycles. The van der Waals surface area contributed by atoms with Crippen LogP contribution in [0.5, 0.6) is 0 Å². The molecule has 36 heavy (non-hydrogen) atoms. The van der Waals surface area contributed by atoms with Crippen molar-refractivity contribution in [2.45, 2.75) is 26.8 Å². The highest BCUT2D eigenvalue weighted by atomic mass is 16.5. The minimum atomic E-state index is -0.0750. The topological polar surface area (TPSA) is 43.9 Å². The summed E-state index contributed by atoms with van der Waals surface area (Å²) in [7, 11) is 0. The van der Waals surface area contributed by atoms with Crippen molar-refractivity contribution in [1.82, 2.24) is 14.7 Å². The number of aryl methyl sites for hydroxylation is 3. The van der Waals surface area contributed by atoms with Crippen molar-refractivity contribution in [3.05, 3.63) is 132 Å². The molecule has 1 atom stereocenters. The van der Waals surface area contributed by atoms with Crippen LogP contribution >= 0.6 is 0 Å². The molecule has 4 heteroatoms. The van der Waals surface area contributed by atoms with E-state index >= 15 is 0 Å². The van der Waals surface area contributed by atoms with E-state index in [1.54, 1.807) is 0 Å². The highest BCUT2D eigenvalue weighted by Gasteiger charge is 2.23. The Labute approximate surface area is 210 Å². The van der Waals surface area contributed by atoms with Crippen molar-refractivity contribution in [3.63, 3.8) is 0 Å². The summed E-state index contributed by atoms with van der Waals surface area (Å²) in [5.41, 5.74) is 10.0. The molecule has 0 unspecified atom stereocenters. The number of benzene rings is 3. The lowest BCUT2D eigenvalue weighted by molar-refractivity contribution is 0.393. The second-order valence-electron chi connectivity index (χ2n) is 9.31. The Balaban J connectivity index is 1.66. The molecule has 0 spiro atoms.